The summed E-state index contributed by atoms with van der Waals surface area (Å²) in [5.74, 6) is 0.173. The van der Waals surface area contributed by atoms with Gasteiger partial charge >= 0.3 is 0 Å². The van der Waals surface area contributed by atoms with Crippen molar-refractivity contribution >= 4 is 11.8 Å². The Bertz CT molecular complexity index is 604. The number of hydrogen-bond acceptors (Lipinski definition) is 2. The maximum absolute atomic E-state index is 13.7. The van der Waals surface area contributed by atoms with Crippen molar-refractivity contribution in [3.63, 3.8) is 0 Å². The molecule has 1 aliphatic heterocycles. The first kappa shape index (κ1) is 16.0. The minimum atomic E-state index is -0.504. The van der Waals surface area contributed by atoms with Gasteiger partial charge in [-0.2, -0.15) is 0 Å². The molecule has 5 heteroatoms. The molecule has 0 spiro atoms. The lowest BCUT2D eigenvalue weighted by Crippen LogP contribution is -2.55. The molecule has 1 aliphatic carbocycles. The van der Waals surface area contributed by atoms with Gasteiger partial charge in [0, 0.05) is 18.5 Å². The zero-order valence-corrected chi connectivity index (χ0v) is 13.3. The van der Waals surface area contributed by atoms with Crippen LogP contribution in [0.15, 0.2) is 24.3 Å². The van der Waals surface area contributed by atoms with Gasteiger partial charge in [0.1, 0.15) is 5.82 Å². The van der Waals surface area contributed by atoms with E-state index in [1.165, 1.54) is 12.1 Å². The van der Waals surface area contributed by atoms with Gasteiger partial charge in [0.05, 0.1) is 5.56 Å². The van der Waals surface area contributed by atoms with Crippen LogP contribution in [0.1, 0.15) is 49.4 Å². The molecule has 4 atom stereocenters. The molecule has 1 aromatic rings. The van der Waals surface area contributed by atoms with E-state index in [0.717, 1.165) is 25.7 Å². The highest BCUT2D eigenvalue weighted by molar-refractivity contribution is 5.94. The van der Waals surface area contributed by atoms with Crippen LogP contribution in [0, 0.1) is 17.7 Å². The van der Waals surface area contributed by atoms with Gasteiger partial charge in [-0.15, -0.1) is 0 Å². The summed E-state index contributed by atoms with van der Waals surface area (Å²) in [5, 5.41) is 6.00. The number of carbonyl (C=O) groups excluding carboxylic acids is 2. The third kappa shape index (κ3) is 3.38. The predicted octanol–water partition coefficient (Wildman–Crippen LogP) is 2.64. The number of amides is 2. The van der Waals surface area contributed by atoms with E-state index in [0.29, 0.717) is 18.3 Å². The topological polar surface area (TPSA) is 58.2 Å². The Morgan fingerprint density at radius 1 is 1.35 bits per heavy atom. The number of hydrogen-bond donors (Lipinski definition) is 2. The molecule has 124 valence electrons. The van der Waals surface area contributed by atoms with E-state index in [9.17, 15) is 14.0 Å². The largest absolute Gasteiger partial charge is 0.353 e. The van der Waals surface area contributed by atoms with E-state index in [1.807, 2.05) is 0 Å². The zero-order chi connectivity index (χ0) is 16.4. The van der Waals surface area contributed by atoms with E-state index in [1.54, 1.807) is 12.1 Å². The van der Waals surface area contributed by atoms with Gasteiger partial charge in [-0.25, -0.2) is 4.39 Å². The third-order valence-electron chi connectivity index (χ3n) is 5.28. The highest BCUT2D eigenvalue weighted by Crippen LogP contribution is 2.37. The molecule has 3 rings (SSSR count). The average molecular weight is 318 g/mol. The van der Waals surface area contributed by atoms with E-state index < -0.39 is 5.82 Å². The number of nitrogens with one attached hydrogen (secondary N) is 2. The predicted molar refractivity (Wildman–Crippen MR) is 85.3 cm³/mol. The summed E-state index contributed by atoms with van der Waals surface area (Å²) >= 11 is 0. The molecule has 1 heterocycles. The second-order valence-electron chi connectivity index (χ2n) is 6.67. The van der Waals surface area contributed by atoms with Crippen LogP contribution < -0.4 is 10.6 Å². The molecule has 1 saturated heterocycles. The van der Waals surface area contributed by atoms with Crippen LogP contribution in [0.2, 0.25) is 0 Å². The Balaban J connectivity index is 1.64. The molecule has 1 saturated carbocycles. The summed E-state index contributed by atoms with van der Waals surface area (Å²) in [6.07, 6.45) is 4.23. The monoisotopic (exact) mass is 318 g/mol. The molecule has 0 aromatic heterocycles. The summed E-state index contributed by atoms with van der Waals surface area (Å²) in [6, 6.07) is 6.12. The highest BCUT2D eigenvalue weighted by atomic mass is 19.1. The molecular formula is C18H23FN2O2. The molecule has 1 aromatic carbocycles. The highest BCUT2D eigenvalue weighted by Gasteiger charge is 2.40. The van der Waals surface area contributed by atoms with Crippen molar-refractivity contribution in [1.82, 2.24) is 10.6 Å². The Hall–Kier alpha value is -1.91. The first-order valence-electron chi connectivity index (χ1n) is 8.43. The van der Waals surface area contributed by atoms with E-state index in [4.69, 9.17) is 0 Å². The van der Waals surface area contributed by atoms with E-state index in [2.05, 4.69) is 17.6 Å². The van der Waals surface area contributed by atoms with Crippen molar-refractivity contribution in [2.45, 2.75) is 51.1 Å². The summed E-state index contributed by atoms with van der Waals surface area (Å²) in [5.41, 5.74) is 0.0775. The normalized spacial score (nSPS) is 30.3. The van der Waals surface area contributed by atoms with Crippen LogP contribution in [-0.2, 0) is 4.79 Å². The Labute approximate surface area is 135 Å². The van der Waals surface area contributed by atoms with Crippen LogP contribution in [0.5, 0.6) is 0 Å². The number of carbonyl (C=O) groups is 2. The minimum Gasteiger partial charge on any atom is -0.353 e. The van der Waals surface area contributed by atoms with Crippen LogP contribution in [-0.4, -0.2) is 23.9 Å². The van der Waals surface area contributed by atoms with Gasteiger partial charge in [-0.1, -0.05) is 25.5 Å². The van der Waals surface area contributed by atoms with Gasteiger partial charge in [-0.05, 0) is 43.2 Å². The summed E-state index contributed by atoms with van der Waals surface area (Å²) < 4.78 is 13.7. The number of benzene rings is 1. The zero-order valence-electron chi connectivity index (χ0n) is 13.3. The summed E-state index contributed by atoms with van der Waals surface area (Å²) in [7, 11) is 0. The van der Waals surface area contributed by atoms with Crippen LogP contribution >= 0.6 is 0 Å². The fourth-order valence-corrected chi connectivity index (χ4v) is 4.07. The molecule has 2 amide bonds. The average Bonchev–Trinajstić information content (AvgIpc) is 2.54. The molecular weight excluding hydrogens is 295 g/mol. The second kappa shape index (κ2) is 6.69. The van der Waals surface area contributed by atoms with Gasteiger partial charge in [0.2, 0.25) is 5.91 Å². The first-order valence-corrected chi connectivity index (χ1v) is 8.43. The Morgan fingerprint density at radius 2 is 2.13 bits per heavy atom. The lowest BCUT2D eigenvalue weighted by atomic mass is 9.70. The van der Waals surface area contributed by atoms with Crippen molar-refractivity contribution in [3.8, 4) is 0 Å². The van der Waals surface area contributed by atoms with E-state index in [-0.39, 0.29) is 29.5 Å². The molecule has 4 nitrogen and oxygen atoms in total. The summed E-state index contributed by atoms with van der Waals surface area (Å²) in [4.78, 5) is 24.1. The maximum atomic E-state index is 13.7. The maximum Gasteiger partial charge on any atom is 0.254 e. The lowest BCUT2D eigenvalue weighted by Gasteiger charge is -2.44. The number of halogens is 1. The lowest BCUT2D eigenvalue weighted by molar-refractivity contribution is -0.127. The molecule has 23 heavy (non-hydrogen) atoms. The van der Waals surface area contributed by atoms with Gasteiger partial charge < -0.3 is 10.6 Å². The van der Waals surface area contributed by atoms with Crippen LogP contribution in [0.25, 0.3) is 0 Å². The summed E-state index contributed by atoms with van der Waals surface area (Å²) in [6.45, 7) is 2.13. The van der Waals surface area contributed by atoms with E-state index >= 15 is 0 Å². The number of fused-ring (bicyclic) bond motifs is 1. The van der Waals surface area contributed by atoms with Crippen LogP contribution in [0.3, 0.4) is 0 Å². The fourth-order valence-electron chi connectivity index (χ4n) is 4.07. The standard InChI is InChI=1S/C18H23FN2O2/c1-2-11-9-17(22)21-16-10-12(7-8-13(11)16)20-18(23)14-5-3-4-6-15(14)19/h3-6,11-13,16H,2,7-10H2,1H3,(H,20,23)(H,21,22). The van der Waals surface area contributed by atoms with Crippen molar-refractivity contribution in [2.75, 3.05) is 0 Å². The van der Waals surface area contributed by atoms with Gasteiger partial charge in [0.15, 0.2) is 0 Å². The SMILES string of the molecule is CCC1CC(=O)NC2CC(NC(=O)c3ccccc3F)CCC12. The fraction of sp³-hybridized carbons (Fsp3) is 0.556. The number of rotatable bonds is 3. The van der Waals surface area contributed by atoms with Gasteiger partial charge in [-0.3, -0.25) is 9.59 Å². The van der Waals surface area contributed by atoms with Crippen molar-refractivity contribution in [2.24, 2.45) is 11.8 Å². The molecule has 2 aliphatic rings. The Kier molecular flexibility index (Phi) is 4.64. The van der Waals surface area contributed by atoms with Crippen molar-refractivity contribution in [1.29, 1.82) is 0 Å². The molecule has 4 unspecified atom stereocenters. The second-order valence-corrected chi connectivity index (χ2v) is 6.67. The molecule has 0 radical (unpaired) electrons. The third-order valence-corrected chi connectivity index (χ3v) is 5.28. The van der Waals surface area contributed by atoms with Crippen molar-refractivity contribution in [3.05, 3.63) is 35.6 Å². The number of piperidine rings is 1. The van der Waals surface area contributed by atoms with Crippen LogP contribution in [0.4, 0.5) is 4.39 Å². The molecule has 0 bridgehead atoms. The molecule has 2 fully saturated rings. The molecule has 2 N–H and O–H groups in total. The van der Waals surface area contributed by atoms with Gasteiger partial charge in [0.25, 0.3) is 5.91 Å². The first-order chi connectivity index (χ1) is 11.1. The smallest absolute Gasteiger partial charge is 0.254 e. The quantitative estimate of drug-likeness (QED) is 0.900. The minimum absolute atomic E-state index is 0.0146. The Morgan fingerprint density at radius 3 is 2.87 bits per heavy atom. The van der Waals surface area contributed by atoms with Crippen molar-refractivity contribution < 1.29 is 14.0 Å².